The van der Waals surface area contributed by atoms with Gasteiger partial charge < -0.3 is 0 Å². The lowest BCUT2D eigenvalue weighted by atomic mass is 10.0. The summed E-state index contributed by atoms with van der Waals surface area (Å²) in [5.74, 6) is 0.0160. The van der Waals surface area contributed by atoms with Crippen molar-refractivity contribution in [2.24, 2.45) is 0 Å². The highest BCUT2D eigenvalue weighted by molar-refractivity contribution is 6.16. The maximum absolute atomic E-state index is 12.4. The number of aryl methyl sites for hydroxylation is 2. The fourth-order valence-corrected chi connectivity index (χ4v) is 2.87. The molecular weight excluding hydrogens is 296 g/mol. The second kappa shape index (κ2) is 6.28. The van der Waals surface area contributed by atoms with Crippen LogP contribution in [0.15, 0.2) is 66.3 Å². The molecule has 1 aromatic heterocycles. The number of Topliss-reactive ketones (excluding diaryl/α,β-unsaturated/α-hetero) is 1. The molecule has 0 fully saturated rings. The van der Waals surface area contributed by atoms with Crippen LogP contribution < -0.4 is 0 Å². The van der Waals surface area contributed by atoms with Crippen LogP contribution in [-0.2, 0) is 4.79 Å². The third-order valence-corrected chi connectivity index (χ3v) is 4.44. The van der Waals surface area contributed by atoms with Crippen LogP contribution in [0.1, 0.15) is 23.2 Å². The van der Waals surface area contributed by atoms with Crippen molar-refractivity contribution in [3.8, 4) is 11.3 Å². The highest BCUT2D eigenvalue weighted by atomic mass is 16.1. The van der Waals surface area contributed by atoms with Crippen molar-refractivity contribution in [2.45, 2.75) is 20.3 Å². The van der Waals surface area contributed by atoms with Gasteiger partial charge in [-0.2, -0.15) is 5.10 Å². The van der Waals surface area contributed by atoms with Gasteiger partial charge in [0.15, 0.2) is 5.78 Å². The van der Waals surface area contributed by atoms with Crippen LogP contribution >= 0.6 is 0 Å². The van der Waals surface area contributed by atoms with Gasteiger partial charge in [0.1, 0.15) is 0 Å². The monoisotopic (exact) mass is 316 g/mol. The van der Waals surface area contributed by atoms with Gasteiger partial charge >= 0.3 is 0 Å². The van der Waals surface area contributed by atoms with E-state index in [4.69, 9.17) is 0 Å². The molecule has 0 spiro atoms. The Morgan fingerprint density at radius 1 is 1.12 bits per heavy atom. The summed E-state index contributed by atoms with van der Waals surface area (Å²) in [6.07, 6.45) is 5.78. The van der Waals surface area contributed by atoms with Crippen LogP contribution in [0.4, 0.5) is 0 Å². The largest absolute Gasteiger partial charge is 0.289 e. The van der Waals surface area contributed by atoms with Crippen LogP contribution in [0.3, 0.4) is 0 Å². The van der Waals surface area contributed by atoms with Crippen molar-refractivity contribution in [3.63, 3.8) is 0 Å². The fraction of sp³-hybridized carbons (Fsp3) is 0.143. The molecule has 1 heterocycles. The molecule has 0 bridgehead atoms. The molecular formula is C21H20N2O. The van der Waals surface area contributed by atoms with Crippen molar-refractivity contribution >= 4 is 11.9 Å². The summed E-state index contributed by atoms with van der Waals surface area (Å²) in [7, 11) is 0. The minimum absolute atomic E-state index is 0.0160. The molecule has 0 unspecified atom stereocenters. The Morgan fingerprint density at radius 3 is 2.54 bits per heavy atom. The average Bonchev–Trinajstić information content (AvgIpc) is 3.15. The molecule has 0 aliphatic heterocycles. The van der Waals surface area contributed by atoms with E-state index in [2.05, 4.69) is 55.4 Å². The molecule has 2 aromatic rings. The number of ketones is 1. The second-order valence-corrected chi connectivity index (χ2v) is 6.03. The maximum atomic E-state index is 12.4. The molecule has 3 heteroatoms. The van der Waals surface area contributed by atoms with Gasteiger partial charge in [-0.05, 0) is 48.8 Å². The van der Waals surface area contributed by atoms with Crippen LogP contribution in [0, 0.1) is 13.8 Å². The number of nitrogens with zero attached hydrogens (tertiary/aromatic N) is 1. The minimum Gasteiger partial charge on any atom is -0.289 e. The first-order valence-corrected chi connectivity index (χ1v) is 7.90. The third-order valence-electron chi connectivity index (χ3n) is 4.44. The Kier molecular flexibility index (Phi) is 4.17. The molecule has 0 radical (unpaired) electrons. The summed E-state index contributed by atoms with van der Waals surface area (Å²) in [4.78, 5) is 12.4. The molecule has 3 nitrogen and oxygen atoms in total. The lowest BCUT2D eigenvalue weighted by molar-refractivity contribution is -0.111. The molecule has 1 aromatic carbocycles. The molecule has 1 aliphatic rings. The summed E-state index contributed by atoms with van der Waals surface area (Å²) in [6.45, 7) is 11.7. The summed E-state index contributed by atoms with van der Waals surface area (Å²) in [5.41, 5.74) is 7.55. The van der Waals surface area contributed by atoms with Gasteiger partial charge in [0.25, 0.3) is 0 Å². The van der Waals surface area contributed by atoms with Crippen molar-refractivity contribution < 1.29 is 4.79 Å². The first kappa shape index (κ1) is 15.9. The Balaban J connectivity index is 1.89. The predicted octanol–water partition coefficient (Wildman–Crippen LogP) is 4.72. The molecule has 3 rings (SSSR count). The van der Waals surface area contributed by atoms with Crippen LogP contribution in [0.25, 0.3) is 17.3 Å². The van der Waals surface area contributed by atoms with E-state index in [9.17, 15) is 4.79 Å². The summed E-state index contributed by atoms with van der Waals surface area (Å²) in [5, 5.41) is 7.37. The topological polar surface area (TPSA) is 45.8 Å². The summed E-state index contributed by atoms with van der Waals surface area (Å²) >= 11 is 0. The molecule has 0 amide bonds. The van der Waals surface area contributed by atoms with E-state index < -0.39 is 0 Å². The van der Waals surface area contributed by atoms with Crippen molar-refractivity contribution in [1.29, 1.82) is 0 Å². The first-order chi connectivity index (χ1) is 11.5. The number of hydrogen-bond acceptors (Lipinski definition) is 2. The van der Waals surface area contributed by atoms with Crippen molar-refractivity contribution in [2.75, 3.05) is 0 Å². The molecule has 0 saturated heterocycles. The Labute approximate surface area is 142 Å². The summed E-state index contributed by atoms with van der Waals surface area (Å²) in [6, 6.07) is 8.23. The zero-order valence-corrected chi connectivity index (χ0v) is 14.0. The zero-order chi connectivity index (χ0) is 17.3. The molecule has 1 N–H and O–H groups in total. The Hall–Kier alpha value is -2.94. The third kappa shape index (κ3) is 2.81. The van der Waals surface area contributed by atoms with E-state index in [0.29, 0.717) is 12.0 Å². The number of carbonyl (C=O) groups excluding carboxylic acids is 1. The average molecular weight is 316 g/mol. The standard InChI is InChI=1S/C21H20N2O/c1-5-15-10-17(21(24)19(15)6-2)11-18-12-20(23-22-18)16-8-7-13(3)14(4)9-16/h5-9,11-12H,1-2,10H2,3-4H3,(H,22,23)/b17-11+. The van der Waals surface area contributed by atoms with Crippen LogP contribution in [-0.4, -0.2) is 16.0 Å². The van der Waals surface area contributed by atoms with E-state index in [1.165, 1.54) is 11.1 Å². The van der Waals surface area contributed by atoms with Gasteiger partial charge in [-0.15, -0.1) is 0 Å². The second-order valence-electron chi connectivity index (χ2n) is 6.03. The number of benzene rings is 1. The molecule has 0 saturated carbocycles. The molecule has 24 heavy (non-hydrogen) atoms. The van der Waals surface area contributed by atoms with Crippen LogP contribution in [0.2, 0.25) is 0 Å². The molecule has 0 atom stereocenters. The van der Waals surface area contributed by atoms with Gasteiger partial charge in [-0.25, -0.2) is 0 Å². The smallest absolute Gasteiger partial charge is 0.189 e. The van der Waals surface area contributed by atoms with Gasteiger partial charge in [0.05, 0.1) is 11.4 Å². The number of carbonyl (C=O) groups is 1. The lowest BCUT2D eigenvalue weighted by Crippen LogP contribution is -1.96. The van der Waals surface area contributed by atoms with Gasteiger partial charge in [0, 0.05) is 23.1 Å². The SMILES string of the molecule is C=CC1=C(C=C)C(=O)/C(=C/c2cc(-c3ccc(C)c(C)c3)n[nH]2)C1. The number of nitrogens with one attached hydrogen (secondary N) is 1. The van der Waals surface area contributed by atoms with E-state index in [1.807, 2.05) is 12.1 Å². The lowest BCUT2D eigenvalue weighted by Gasteiger charge is -2.01. The minimum atomic E-state index is 0.0160. The number of rotatable bonds is 4. The number of aromatic nitrogens is 2. The Bertz CT molecular complexity index is 910. The molecule has 120 valence electrons. The maximum Gasteiger partial charge on any atom is 0.189 e. The highest BCUT2D eigenvalue weighted by Gasteiger charge is 2.24. The highest BCUT2D eigenvalue weighted by Crippen LogP contribution is 2.31. The number of H-pyrrole nitrogens is 1. The van der Waals surface area contributed by atoms with Crippen molar-refractivity contribution in [3.05, 3.63) is 83.1 Å². The fourth-order valence-electron chi connectivity index (χ4n) is 2.87. The van der Waals surface area contributed by atoms with Gasteiger partial charge in [0.2, 0.25) is 0 Å². The van der Waals surface area contributed by atoms with Crippen molar-refractivity contribution in [1.82, 2.24) is 10.2 Å². The summed E-state index contributed by atoms with van der Waals surface area (Å²) < 4.78 is 0. The van der Waals surface area contributed by atoms with Crippen LogP contribution in [0.5, 0.6) is 0 Å². The number of allylic oxidation sites excluding steroid dienone is 5. The van der Waals surface area contributed by atoms with Gasteiger partial charge in [-0.3, -0.25) is 9.89 Å². The predicted molar refractivity (Wildman–Crippen MR) is 98.5 cm³/mol. The quantitative estimate of drug-likeness (QED) is 0.830. The number of aromatic amines is 1. The van der Waals surface area contributed by atoms with E-state index in [-0.39, 0.29) is 5.78 Å². The van der Waals surface area contributed by atoms with E-state index >= 15 is 0 Å². The Morgan fingerprint density at radius 2 is 1.92 bits per heavy atom. The van der Waals surface area contributed by atoms with Gasteiger partial charge in [-0.1, -0.05) is 37.4 Å². The first-order valence-electron chi connectivity index (χ1n) is 7.90. The van der Waals surface area contributed by atoms with E-state index in [1.54, 1.807) is 12.2 Å². The zero-order valence-electron chi connectivity index (χ0n) is 14.0. The van der Waals surface area contributed by atoms with E-state index in [0.717, 1.165) is 28.1 Å². The normalized spacial score (nSPS) is 16.1. The molecule has 1 aliphatic carbocycles. The number of hydrogen-bond donors (Lipinski definition) is 1.